The minimum Gasteiger partial charge on any atom is -0.485 e. The molecule has 1 aliphatic rings. The van der Waals surface area contributed by atoms with Crippen LogP contribution in [0.5, 0.6) is 11.5 Å². The first-order valence-electron chi connectivity index (χ1n) is 11.3. The van der Waals surface area contributed by atoms with Gasteiger partial charge in [-0.15, -0.1) is 0 Å². The molecule has 0 radical (unpaired) electrons. The number of carbonyl (C=O) groups excluding carboxylic acids is 3. The fraction of sp³-hybridized carbons (Fsp3) is 0.222. The van der Waals surface area contributed by atoms with Crippen LogP contribution in [0, 0.1) is 11.6 Å². The van der Waals surface area contributed by atoms with Gasteiger partial charge in [-0.05, 0) is 49.7 Å². The van der Waals surface area contributed by atoms with E-state index in [0.717, 1.165) is 17.7 Å². The first-order chi connectivity index (χ1) is 17.2. The van der Waals surface area contributed by atoms with Crippen LogP contribution in [0.15, 0.2) is 66.7 Å². The van der Waals surface area contributed by atoms with Gasteiger partial charge in [0, 0.05) is 11.6 Å². The van der Waals surface area contributed by atoms with Gasteiger partial charge >= 0.3 is 0 Å². The molecule has 0 saturated carbocycles. The second kappa shape index (κ2) is 10.6. The summed E-state index contributed by atoms with van der Waals surface area (Å²) in [5, 5.41) is 2.91. The summed E-state index contributed by atoms with van der Waals surface area (Å²) in [5.41, 5.74) is 1.39. The van der Waals surface area contributed by atoms with Gasteiger partial charge in [0.25, 0.3) is 5.91 Å². The number of rotatable bonds is 8. The number of carbonyl (C=O) groups is 3. The number of benzene rings is 3. The van der Waals surface area contributed by atoms with Crippen molar-refractivity contribution in [2.24, 2.45) is 0 Å². The van der Waals surface area contributed by atoms with Gasteiger partial charge < -0.3 is 14.8 Å². The highest BCUT2D eigenvalue weighted by molar-refractivity contribution is 6.06. The van der Waals surface area contributed by atoms with Crippen molar-refractivity contribution in [3.8, 4) is 11.5 Å². The Morgan fingerprint density at radius 2 is 1.78 bits per heavy atom. The highest BCUT2D eigenvalue weighted by Gasteiger charge is 2.34. The number of fused-ring (bicyclic) bond motifs is 1. The number of Topliss-reactive ketones (excluding diaryl/α,β-unsaturated/α-hetero) is 1. The average Bonchev–Trinajstić information content (AvgIpc) is 2.88. The Morgan fingerprint density at radius 3 is 2.50 bits per heavy atom. The molecular formula is C27H24F2N2O5. The predicted molar refractivity (Wildman–Crippen MR) is 128 cm³/mol. The van der Waals surface area contributed by atoms with Crippen LogP contribution in [0.1, 0.15) is 35.8 Å². The van der Waals surface area contributed by atoms with E-state index in [1.54, 1.807) is 6.92 Å². The van der Waals surface area contributed by atoms with E-state index in [4.69, 9.17) is 9.47 Å². The second-order valence-electron chi connectivity index (χ2n) is 8.34. The normalized spacial score (nSPS) is 14.3. The third-order valence-electron chi connectivity index (χ3n) is 5.85. The van der Waals surface area contributed by atoms with Gasteiger partial charge in [0.15, 0.2) is 30.6 Å². The molecule has 3 aromatic rings. The number of hydrogen-bond acceptors (Lipinski definition) is 5. The summed E-state index contributed by atoms with van der Waals surface area (Å²) in [5.74, 6) is -3.03. The molecule has 186 valence electrons. The zero-order valence-corrected chi connectivity index (χ0v) is 19.7. The quantitative estimate of drug-likeness (QED) is 0.474. The minimum absolute atomic E-state index is 0.00169. The van der Waals surface area contributed by atoms with E-state index >= 15 is 0 Å². The molecular weight excluding hydrogens is 470 g/mol. The zero-order valence-electron chi connectivity index (χ0n) is 19.7. The maximum atomic E-state index is 13.4. The molecule has 0 aromatic heterocycles. The van der Waals surface area contributed by atoms with Crippen LogP contribution in [0.25, 0.3) is 0 Å². The van der Waals surface area contributed by atoms with Crippen LogP contribution in [0.3, 0.4) is 0 Å². The van der Waals surface area contributed by atoms with E-state index < -0.39 is 36.0 Å². The van der Waals surface area contributed by atoms with Crippen molar-refractivity contribution in [3.05, 3.63) is 89.5 Å². The van der Waals surface area contributed by atoms with Gasteiger partial charge in [-0.3, -0.25) is 19.3 Å². The molecule has 1 aliphatic heterocycles. The van der Waals surface area contributed by atoms with Crippen LogP contribution < -0.4 is 19.7 Å². The molecule has 9 heteroatoms. The van der Waals surface area contributed by atoms with Crippen molar-refractivity contribution in [1.29, 1.82) is 0 Å². The summed E-state index contributed by atoms with van der Waals surface area (Å²) in [4.78, 5) is 39.8. The third-order valence-corrected chi connectivity index (χ3v) is 5.85. The van der Waals surface area contributed by atoms with Crippen LogP contribution in [-0.2, 0) is 9.59 Å². The van der Waals surface area contributed by atoms with Crippen LogP contribution in [0.4, 0.5) is 14.5 Å². The third kappa shape index (κ3) is 5.35. The fourth-order valence-electron chi connectivity index (χ4n) is 3.84. The van der Waals surface area contributed by atoms with Crippen molar-refractivity contribution in [2.45, 2.75) is 25.9 Å². The van der Waals surface area contributed by atoms with E-state index in [-0.39, 0.29) is 35.6 Å². The fourth-order valence-corrected chi connectivity index (χ4v) is 3.84. The Bertz CT molecular complexity index is 1300. The topological polar surface area (TPSA) is 84.9 Å². The molecule has 1 N–H and O–H groups in total. The van der Waals surface area contributed by atoms with Crippen LogP contribution in [-0.4, -0.2) is 36.9 Å². The first kappa shape index (κ1) is 24.8. The van der Waals surface area contributed by atoms with Crippen molar-refractivity contribution >= 4 is 23.3 Å². The summed E-state index contributed by atoms with van der Waals surface area (Å²) in [6, 6.07) is 15.7. The number of amides is 2. The number of ketones is 1. The molecule has 0 fully saturated rings. The Balaban J connectivity index is 1.50. The highest BCUT2D eigenvalue weighted by Crippen LogP contribution is 2.34. The molecule has 7 nitrogen and oxygen atoms in total. The van der Waals surface area contributed by atoms with Gasteiger partial charge in [-0.1, -0.05) is 30.3 Å². The SMILES string of the molecule is C[C@H](NC(=O)[C@H](C)N1C(=O)COc2ccc(C(=O)COc3ccc(F)c(F)c3)cc21)c1ccccc1. The summed E-state index contributed by atoms with van der Waals surface area (Å²) in [6.45, 7) is 2.76. The maximum Gasteiger partial charge on any atom is 0.265 e. The van der Waals surface area contributed by atoms with E-state index in [1.165, 1.54) is 29.2 Å². The maximum absolute atomic E-state index is 13.4. The van der Waals surface area contributed by atoms with Crippen molar-refractivity contribution in [3.63, 3.8) is 0 Å². The zero-order chi connectivity index (χ0) is 25.8. The summed E-state index contributed by atoms with van der Waals surface area (Å²) < 4.78 is 37.3. The van der Waals surface area contributed by atoms with Crippen molar-refractivity contribution < 1.29 is 32.6 Å². The Morgan fingerprint density at radius 1 is 1.03 bits per heavy atom. The summed E-state index contributed by atoms with van der Waals surface area (Å²) >= 11 is 0. The molecule has 1 heterocycles. The standard InChI is InChI=1S/C27H24F2N2O5/c1-16(18-6-4-3-5-7-18)30-27(34)17(2)31-23-12-19(8-11-25(23)36-15-26(31)33)24(32)14-35-20-9-10-21(28)22(29)13-20/h3-13,16-17H,14-15H2,1-2H3,(H,30,34)/t16-,17-/m0/s1. The number of halogens is 2. The molecule has 0 bridgehead atoms. The summed E-state index contributed by atoms with van der Waals surface area (Å²) in [6.07, 6.45) is 0. The molecule has 0 saturated heterocycles. The molecule has 36 heavy (non-hydrogen) atoms. The van der Waals surface area contributed by atoms with Gasteiger partial charge in [-0.2, -0.15) is 0 Å². The van der Waals surface area contributed by atoms with Crippen LogP contribution in [0.2, 0.25) is 0 Å². The van der Waals surface area contributed by atoms with Gasteiger partial charge in [0.05, 0.1) is 11.7 Å². The number of nitrogens with one attached hydrogen (secondary N) is 1. The average molecular weight is 494 g/mol. The van der Waals surface area contributed by atoms with Crippen LogP contribution >= 0.6 is 0 Å². The Labute approximate surface area is 206 Å². The van der Waals surface area contributed by atoms with Gasteiger partial charge in [0.2, 0.25) is 5.91 Å². The number of ether oxygens (including phenoxy) is 2. The second-order valence-corrected chi connectivity index (χ2v) is 8.34. The lowest BCUT2D eigenvalue weighted by Gasteiger charge is -2.34. The van der Waals surface area contributed by atoms with E-state index in [1.807, 2.05) is 37.3 Å². The Kier molecular flexibility index (Phi) is 7.28. The first-order valence-corrected chi connectivity index (χ1v) is 11.3. The van der Waals surface area contributed by atoms with Gasteiger partial charge in [-0.25, -0.2) is 8.78 Å². The molecule has 0 aliphatic carbocycles. The smallest absolute Gasteiger partial charge is 0.265 e. The number of nitrogens with zero attached hydrogens (tertiary/aromatic N) is 1. The van der Waals surface area contributed by atoms with Crippen molar-refractivity contribution in [1.82, 2.24) is 5.32 Å². The minimum atomic E-state index is -1.09. The number of anilines is 1. The van der Waals surface area contributed by atoms with E-state index in [2.05, 4.69) is 5.32 Å². The lowest BCUT2D eigenvalue weighted by molar-refractivity contribution is -0.127. The van der Waals surface area contributed by atoms with Crippen molar-refractivity contribution in [2.75, 3.05) is 18.1 Å². The molecule has 0 unspecified atom stereocenters. The van der Waals surface area contributed by atoms with E-state index in [9.17, 15) is 23.2 Å². The number of hydrogen-bond donors (Lipinski definition) is 1. The lowest BCUT2D eigenvalue weighted by Crippen LogP contribution is -2.51. The molecule has 3 aromatic carbocycles. The highest BCUT2D eigenvalue weighted by atomic mass is 19.2. The van der Waals surface area contributed by atoms with Gasteiger partial charge in [0.1, 0.15) is 17.5 Å². The monoisotopic (exact) mass is 494 g/mol. The largest absolute Gasteiger partial charge is 0.485 e. The Hall–Kier alpha value is -4.27. The molecule has 4 rings (SSSR count). The molecule has 2 amide bonds. The molecule has 0 spiro atoms. The molecule has 2 atom stereocenters. The lowest BCUT2D eigenvalue weighted by atomic mass is 10.1. The summed E-state index contributed by atoms with van der Waals surface area (Å²) in [7, 11) is 0. The predicted octanol–water partition coefficient (Wildman–Crippen LogP) is 4.22. The van der Waals surface area contributed by atoms with E-state index in [0.29, 0.717) is 5.75 Å².